The summed E-state index contributed by atoms with van der Waals surface area (Å²) in [5.74, 6) is 0.438. The third-order valence-electron chi connectivity index (χ3n) is 4.04. The van der Waals surface area contributed by atoms with Crippen molar-refractivity contribution in [2.75, 3.05) is 11.9 Å². The summed E-state index contributed by atoms with van der Waals surface area (Å²) < 4.78 is 19.9. The number of hydrogen-bond acceptors (Lipinski definition) is 5. The molecule has 0 atom stereocenters. The van der Waals surface area contributed by atoms with E-state index >= 15 is 0 Å². The molecule has 4 aromatic rings. The van der Waals surface area contributed by atoms with E-state index in [0.29, 0.717) is 22.9 Å². The van der Waals surface area contributed by atoms with Crippen molar-refractivity contribution >= 4 is 17.2 Å². The van der Waals surface area contributed by atoms with Crippen LogP contribution in [0.4, 0.5) is 10.1 Å². The van der Waals surface area contributed by atoms with E-state index in [1.807, 2.05) is 37.3 Å². The molecule has 0 spiro atoms. The summed E-state index contributed by atoms with van der Waals surface area (Å²) >= 11 is 0. The Kier molecular flexibility index (Phi) is 4.67. The van der Waals surface area contributed by atoms with E-state index in [9.17, 15) is 9.18 Å². The maximum Gasteiger partial charge on any atom is 0.262 e. The normalized spacial score (nSPS) is 10.8. The fourth-order valence-corrected chi connectivity index (χ4v) is 2.68. The minimum absolute atomic E-state index is 0.181. The van der Waals surface area contributed by atoms with Crippen molar-refractivity contribution in [1.29, 1.82) is 0 Å². The Morgan fingerprint density at radius 3 is 2.75 bits per heavy atom. The van der Waals surface area contributed by atoms with Gasteiger partial charge in [-0.05, 0) is 55.5 Å². The van der Waals surface area contributed by atoms with Crippen LogP contribution < -0.4 is 10.1 Å². The second kappa shape index (κ2) is 7.43. The maximum atomic E-state index is 12.9. The summed E-state index contributed by atoms with van der Waals surface area (Å²) in [7, 11) is 0. The van der Waals surface area contributed by atoms with Gasteiger partial charge in [0.25, 0.3) is 5.91 Å². The number of ether oxygens (including phenoxy) is 1. The van der Waals surface area contributed by atoms with Crippen LogP contribution in [0, 0.1) is 12.7 Å². The number of aromatic nitrogens is 4. The molecule has 0 radical (unpaired) electrons. The molecule has 0 fully saturated rings. The van der Waals surface area contributed by atoms with Crippen LogP contribution in [-0.2, 0) is 4.79 Å². The first kappa shape index (κ1) is 17.6. The molecule has 1 amide bonds. The maximum absolute atomic E-state index is 12.9. The molecule has 7 nitrogen and oxygen atoms in total. The molecule has 28 heavy (non-hydrogen) atoms. The minimum atomic E-state index is -0.359. The second-order valence-electron chi connectivity index (χ2n) is 6.11. The summed E-state index contributed by atoms with van der Waals surface area (Å²) in [6.45, 7) is 1.65. The summed E-state index contributed by atoms with van der Waals surface area (Å²) in [4.78, 5) is 12.1. The lowest BCUT2D eigenvalue weighted by Gasteiger charge is -2.09. The summed E-state index contributed by atoms with van der Waals surface area (Å²) in [6.07, 6.45) is 0. The highest BCUT2D eigenvalue weighted by Gasteiger charge is 2.08. The lowest BCUT2D eigenvalue weighted by Crippen LogP contribution is -2.20. The fraction of sp³-hybridized carbons (Fsp3) is 0.100. The molecule has 0 saturated heterocycles. The number of hydrogen-bond donors (Lipinski definition) is 1. The van der Waals surface area contributed by atoms with Crippen molar-refractivity contribution in [3.05, 3.63) is 72.3 Å². The van der Waals surface area contributed by atoms with Crippen LogP contribution in [0.25, 0.3) is 16.9 Å². The zero-order chi connectivity index (χ0) is 19.5. The molecular weight excluding hydrogens is 361 g/mol. The van der Waals surface area contributed by atoms with Crippen molar-refractivity contribution < 1.29 is 13.9 Å². The number of carbonyl (C=O) groups excluding carboxylic acids is 1. The van der Waals surface area contributed by atoms with Gasteiger partial charge in [0, 0.05) is 11.3 Å². The molecule has 2 aromatic carbocycles. The molecule has 2 aromatic heterocycles. The van der Waals surface area contributed by atoms with Gasteiger partial charge >= 0.3 is 0 Å². The quantitative estimate of drug-likeness (QED) is 0.577. The molecule has 8 heteroatoms. The van der Waals surface area contributed by atoms with Gasteiger partial charge in [-0.25, -0.2) is 4.39 Å². The second-order valence-corrected chi connectivity index (χ2v) is 6.11. The fourth-order valence-electron chi connectivity index (χ4n) is 2.68. The van der Waals surface area contributed by atoms with Gasteiger partial charge in [-0.15, -0.1) is 10.2 Å². The topological polar surface area (TPSA) is 81.4 Å². The smallest absolute Gasteiger partial charge is 0.262 e. The number of aryl methyl sites for hydroxylation is 1. The monoisotopic (exact) mass is 377 g/mol. The Morgan fingerprint density at radius 2 is 1.93 bits per heavy atom. The minimum Gasteiger partial charge on any atom is -0.484 e. The number of fused-ring (bicyclic) bond motifs is 1. The lowest BCUT2D eigenvalue weighted by atomic mass is 10.1. The third-order valence-corrected chi connectivity index (χ3v) is 4.04. The first-order valence-electron chi connectivity index (χ1n) is 8.56. The molecular formula is C20H16FN5O2. The average molecular weight is 377 g/mol. The molecule has 0 aliphatic heterocycles. The van der Waals surface area contributed by atoms with E-state index in [1.54, 1.807) is 10.6 Å². The predicted molar refractivity (Wildman–Crippen MR) is 101 cm³/mol. The van der Waals surface area contributed by atoms with Gasteiger partial charge in [0.05, 0.1) is 5.69 Å². The van der Waals surface area contributed by atoms with Crippen LogP contribution in [0.1, 0.15) is 5.82 Å². The van der Waals surface area contributed by atoms with Crippen molar-refractivity contribution in [3.8, 4) is 17.0 Å². The number of amides is 1. The Morgan fingerprint density at radius 1 is 1.11 bits per heavy atom. The third kappa shape index (κ3) is 3.80. The average Bonchev–Trinajstić information content (AvgIpc) is 3.08. The Labute approximate surface area is 159 Å². The number of anilines is 1. The van der Waals surface area contributed by atoms with Crippen LogP contribution in [0.5, 0.6) is 5.75 Å². The van der Waals surface area contributed by atoms with Gasteiger partial charge in [-0.2, -0.15) is 9.61 Å². The highest BCUT2D eigenvalue weighted by molar-refractivity contribution is 5.92. The van der Waals surface area contributed by atoms with Crippen molar-refractivity contribution in [2.24, 2.45) is 0 Å². The standard InChI is InChI=1S/C20H16FN5O2/c1-13-23-24-19-10-9-18(25-26(13)19)14-3-2-4-16(11-14)22-20(27)12-28-17-7-5-15(21)6-8-17/h2-11H,12H2,1H3,(H,22,27). The molecule has 0 aliphatic carbocycles. The van der Waals surface area contributed by atoms with Crippen LogP contribution in [-0.4, -0.2) is 32.3 Å². The molecule has 0 bridgehead atoms. The van der Waals surface area contributed by atoms with Gasteiger partial charge in [-0.3, -0.25) is 4.79 Å². The molecule has 4 rings (SSSR count). The first-order valence-corrected chi connectivity index (χ1v) is 8.56. The zero-order valence-electron chi connectivity index (χ0n) is 15.0. The van der Waals surface area contributed by atoms with Crippen molar-refractivity contribution in [3.63, 3.8) is 0 Å². The van der Waals surface area contributed by atoms with Crippen molar-refractivity contribution in [2.45, 2.75) is 6.92 Å². The Bertz CT molecular complexity index is 1140. The van der Waals surface area contributed by atoms with E-state index in [-0.39, 0.29) is 18.3 Å². The number of nitrogens with zero attached hydrogens (tertiary/aromatic N) is 4. The Balaban J connectivity index is 1.46. The van der Waals surface area contributed by atoms with Gasteiger partial charge < -0.3 is 10.1 Å². The summed E-state index contributed by atoms with van der Waals surface area (Å²) in [5.41, 5.74) is 2.86. The van der Waals surface area contributed by atoms with Gasteiger partial charge in [0.15, 0.2) is 18.1 Å². The van der Waals surface area contributed by atoms with Crippen LogP contribution in [0.2, 0.25) is 0 Å². The van der Waals surface area contributed by atoms with Crippen molar-refractivity contribution in [1.82, 2.24) is 19.8 Å². The van der Waals surface area contributed by atoms with Crippen LogP contribution in [0.3, 0.4) is 0 Å². The molecule has 0 aliphatic rings. The zero-order valence-corrected chi connectivity index (χ0v) is 15.0. The molecule has 0 saturated carbocycles. The van der Waals surface area contributed by atoms with Gasteiger partial charge in [0.2, 0.25) is 0 Å². The summed E-state index contributed by atoms with van der Waals surface area (Å²) in [6, 6.07) is 16.5. The summed E-state index contributed by atoms with van der Waals surface area (Å²) in [5, 5.41) is 15.3. The lowest BCUT2D eigenvalue weighted by molar-refractivity contribution is -0.118. The highest BCUT2D eigenvalue weighted by atomic mass is 19.1. The van der Waals surface area contributed by atoms with E-state index in [1.165, 1.54) is 24.3 Å². The largest absolute Gasteiger partial charge is 0.484 e. The molecule has 0 unspecified atom stereocenters. The van der Waals surface area contributed by atoms with E-state index in [0.717, 1.165) is 11.3 Å². The van der Waals surface area contributed by atoms with Crippen LogP contribution in [0.15, 0.2) is 60.7 Å². The van der Waals surface area contributed by atoms with E-state index in [4.69, 9.17) is 4.74 Å². The first-order chi connectivity index (χ1) is 13.6. The van der Waals surface area contributed by atoms with E-state index in [2.05, 4.69) is 20.6 Å². The predicted octanol–water partition coefficient (Wildman–Crippen LogP) is 3.26. The number of halogens is 1. The highest BCUT2D eigenvalue weighted by Crippen LogP contribution is 2.21. The van der Waals surface area contributed by atoms with E-state index < -0.39 is 0 Å². The number of carbonyl (C=O) groups is 1. The number of nitrogens with one attached hydrogen (secondary N) is 1. The number of rotatable bonds is 5. The Hall–Kier alpha value is -3.81. The molecule has 1 N–H and O–H groups in total. The van der Waals surface area contributed by atoms with Gasteiger partial charge in [-0.1, -0.05) is 12.1 Å². The van der Waals surface area contributed by atoms with Gasteiger partial charge in [0.1, 0.15) is 11.6 Å². The molecule has 140 valence electrons. The molecule has 2 heterocycles. The number of benzene rings is 2. The van der Waals surface area contributed by atoms with Crippen LogP contribution >= 0.6 is 0 Å². The SMILES string of the molecule is Cc1nnc2ccc(-c3cccc(NC(=O)COc4ccc(F)cc4)c3)nn12.